The Hall–Kier alpha value is -2.89. The Balaban J connectivity index is 1.89. The molecule has 1 N–H and O–H groups in total. The van der Waals surface area contributed by atoms with Crippen LogP contribution < -0.4 is 10.4 Å². The Morgan fingerprint density at radius 3 is 2.64 bits per heavy atom. The third-order valence-corrected chi connectivity index (χ3v) is 4.42. The molecule has 2 atom stereocenters. The number of alkyl halides is 3. The lowest BCUT2D eigenvalue weighted by molar-refractivity contribution is -0.141. The molecule has 0 bridgehead atoms. The van der Waals surface area contributed by atoms with Gasteiger partial charge in [0.15, 0.2) is 11.5 Å². The van der Waals surface area contributed by atoms with Crippen molar-refractivity contribution >= 4 is 40.9 Å². The zero-order valence-electron chi connectivity index (χ0n) is 14.5. The second-order valence-electron chi connectivity index (χ2n) is 5.84. The van der Waals surface area contributed by atoms with Gasteiger partial charge in [0.05, 0.1) is 17.2 Å². The van der Waals surface area contributed by atoms with E-state index in [1.807, 2.05) is 0 Å². The van der Waals surface area contributed by atoms with Gasteiger partial charge in [-0.25, -0.2) is 9.78 Å². The minimum absolute atomic E-state index is 0.0477. The number of rotatable bonds is 4. The predicted octanol–water partition coefficient (Wildman–Crippen LogP) is 0.981. The van der Waals surface area contributed by atoms with Crippen molar-refractivity contribution in [3.8, 4) is 0 Å². The van der Waals surface area contributed by atoms with Crippen LogP contribution in [0, 0.1) is 5.92 Å². The van der Waals surface area contributed by atoms with E-state index in [0.29, 0.717) is 17.3 Å². The van der Waals surface area contributed by atoms with Gasteiger partial charge in [0.1, 0.15) is 12.0 Å². The maximum Gasteiger partial charge on any atom is 0.417 e. The van der Waals surface area contributed by atoms with Crippen molar-refractivity contribution in [2.75, 3.05) is 18.7 Å². The average molecular weight is 420 g/mol. The van der Waals surface area contributed by atoms with Crippen LogP contribution in [-0.2, 0) is 25.3 Å². The number of pyridine rings is 1. The average Bonchev–Trinajstić information content (AvgIpc) is 3.14. The Bertz CT molecular complexity index is 891. The highest BCUT2D eigenvalue weighted by molar-refractivity contribution is 6.44. The number of carbonyl (C=O) groups is 3. The number of nitrogens with zero attached hydrogens (tertiary/aromatic N) is 4. The highest BCUT2D eigenvalue weighted by atomic mass is 35.5. The predicted molar refractivity (Wildman–Crippen MR) is 89.0 cm³/mol. The first-order chi connectivity index (χ1) is 13.1. The summed E-state index contributed by atoms with van der Waals surface area (Å²) < 4.78 is 43.1. The molecule has 2 amide bonds. The smallest absolute Gasteiger partial charge is 0.417 e. The van der Waals surface area contributed by atoms with E-state index in [1.165, 1.54) is 7.05 Å². The zero-order valence-corrected chi connectivity index (χ0v) is 15.2. The molecule has 0 aliphatic carbocycles. The largest absolute Gasteiger partial charge is 0.461 e. The van der Waals surface area contributed by atoms with Crippen LogP contribution in [0.25, 0.3) is 0 Å². The number of hydrogen-bond acceptors (Lipinski definition) is 8. The fourth-order valence-electron chi connectivity index (χ4n) is 2.86. The second kappa shape index (κ2) is 6.93. The summed E-state index contributed by atoms with van der Waals surface area (Å²) in [6, 6.07) is -0.502. The number of fused-ring (bicyclic) bond motifs is 1. The number of hydrazine groups is 1. The fourth-order valence-corrected chi connectivity index (χ4v) is 3.15. The van der Waals surface area contributed by atoms with E-state index in [-0.39, 0.29) is 18.1 Å². The first kappa shape index (κ1) is 19.9. The minimum Gasteiger partial charge on any atom is -0.461 e. The van der Waals surface area contributed by atoms with Crippen molar-refractivity contribution in [2.45, 2.75) is 19.1 Å². The Morgan fingerprint density at radius 1 is 1.39 bits per heavy atom. The van der Waals surface area contributed by atoms with Gasteiger partial charge in [-0.05, 0) is 13.0 Å². The number of esters is 1. The van der Waals surface area contributed by atoms with Crippen LogP contribution >= 0.6 is 11.6 Å². The lowest BCUT2D eigenvalue weighted by atomic mass is 9.99. The molecule has 1 aromatic heterocycles. The van der Waals surface area contributed by atoms with Crippen LogP contribution in [0.3, 0.4) is 0 Å². The van der Waals surface area contributed by atoms with Gasteiger partial charge < -0.3 is 4.74 Å². The number of halogens is 4. The molecule has 2 aliphatic rings. The van der Waals surface area contributed by atoms with E-state index >= 15 is 0 Å². The molecule has 0 spiro atoms. The van der Waals surface area contributed by atoms with E-state index in [9.17, 15) is 27.6 Å². The first-order valence-corrected chi connectivity index (χ1v) is 8.30. The summed E-state index contributed by atoms with van der Waals surface area (Å²) in [5, 5.41) is 4.86. The lowest BCUT2D eigenvalue weighted by Crippen LogP contribution is -2.47. The van der Waals surface area contributed by atoms with E-state index in [2.05, 4.69) is 15.5 Å². The van der Waals surface area contributed by atoms with Crippen molar-refractivity contribution in [3.63, 3.8) is 0 Å². The maximum absolute atomic E-state index is 12.8. The summed E-state index contributed by atoms with van der Waals surface area (Å²) in [5.74, 6) is -3.89. The number of aromatic nitrogens is 1. The SMILES string of the molecule is CCOC(=O)C1=NN[C@@H]2C(=O)N(N(C)c3ncc(C(F)(F)F)cc3Cl)C(=O)[C@H]12. The van der Waals surface area contributed by atoms with Gasteiger partial charge in [0.2, 0.25) is 0 Å². The standard InChI is InChI=1S/C15H13ClF3N5O4/c1-3-28-14(27)10-8-9(21-22-10)13(26)24(12(8)25)23(2)11-7(16)4-6(5-20-11)15(17,18)19/h4-5,8-9,21H,3H2,1-2H3/t8-,9-/m0/s1. The highest BCUT2D eigenvalue weighted by Gasteiger charge is 2.57. The Morgan fingerprint density at radius 2 is 2.07 bits per heavy atom. The minimum atomic E-state index is -4.65. The number of ether oxygens (including phenoxy) is 1. The Labute approximate surface area is 161 Å². The van der Waals surface area contributed by atoms with Crippen molar-refractivity contribution in [3.05, 3.63) is 22.8 Å². The van der Waals surface area contributed by atoms with Gasteiger partial charge in [-0.1, -0.05) is 11.6 Å². The molecule has 1 saturated heterocycles. The van der Waals surface area contributed by atoms with Crippen molar-refractivity contribution < 1.29 is 32.3 Å². The molecule has 0 aromatic carbocycles. The zero-order chi connectivity index (χ0) is 20.8. The maximum atomic E-state index is 12.8. The van der Waals surface area contributed by atoms with Gasteiger partial charge in [0.25, 0.3) is 11.8 Å². The van der Waals surface area contributed by atoms with Crippen LogP contribution in [0.4, 0.5) is 19.0 Å². The van der Waals surface area contributed by atoms with E-state index in [0.717, 1.165) is 5.01 Å². The van der Waals surface area contributed by atoms with Gasteiger partial charge in [-0.15, -0.1) is 0 Å². The molecule has 0 unspecified atom stereocenters. The number of imide groups is 1. The number of anilines is 1. The summed E-state index contributed by atoms with van der Waals surface area (Å²) in [6.45, 7) is 1.62. The quantitative estimate of drug-likeness (QED) is 0.573. The lowest BCUT2D eigenvalue weighted by Gasteiger charge is -2.28. The molecule has 2 aliphatic heterocycles. The van der Waals surface area contributed by atoms with Crippen LogP contribution in [0.15, 0.2) is 17.4 Å². The summed E-state index contributed by atoms with van der Waals surface area (Å²) in [5.41, 5.74) is 1.08. The molecule has 28 heavy (non-hydrogen) atoms. The third kappa shape index (κ3) is 3.13. The summed E-state index contributed by atoms with van der Waals surface area (Å²) in [4.78, 5) is 40.9. The molecular formula is C15H13ClF3N5O4. The molecule has 0 radical (unpaired) electrons. The van der Waals surface area contributed by atoms with Crippen molar-refractivity contribution in [1.82, 2.24) is 15.4 Å². The highest BCUT2D eigenvalue weighted by Crippen LogP contribution is 2.35. The molecule has 0 saturated carbocycles. The summed E-state index contributed by atoms with van der Waals surface area (Å²) >= 11 is 5.88. The van der Waals surface area contributed by atoms with Crippen molar-refractivity contribution in [2.24, 2.45) is 11.0 Å². The molecule has 1 aromatic rings. The van der Waals surface area contributed by atoms with E-state index < -0.39 is 46.5 Å². The van der Waals surface area contributed by atoms with E-state index in [4.69, 9.17) is 16.3 Å². The van der Waals surface area contributed by atoms with Crippen LogP contribution in [0.1, 0.15) is 12.5 Å². The molecule has 9 nitrogen and oxygen atoms in total. The molecule has 3 rings (SSSR count). The number of nitrogens with one attached hydrogen (secondary N) is 1. The molecule has 150 valence electrons. The van der Waals surface area contributed by atoms with Gasteiger partial charge >= 0.3 is 12.1 Å². The van der Waals surface area contributed by atoms with Crippen LogP contribution in [0.5, 0.6) is 0 Å². The summed E-state index contributed by atoms with van der Waals surface area (Å²) in [6.07, 6.45) is -4.12. The van der Waals surface area contributed by atoms with Crippen molar-refractivity contribution in [1.29, 1.82) is 0 Å². The molecular weight excluding hydrogens is 407 g/mol. The van der Waals surface area contributed by atoms with Crippen LogP contribution in [0.2, 0.25) is 5.02 Å². The second-order valence-corrected chi connectivity index (χ2v) is 6.25. The first-order valence-electron chi connectivity index (χ1n) is 7.92. The van der Waals surface area contributed by atoms with Gasteiger partial charge in [0, 0.05) is 13.2 Å². The monoisotopic (exact) mass is 419 g/mol. The van der Waals surface area contributed by atoms with Crippen LogP contribution in [-0.4, -0.2) is 53.2 Å². The third-order valence-electron chi connectivity index (χ3n) is 4.14. The number of carbonyl (C=O) groups excluding carboxylic acids is 3. The molecule has 3 heterocycles. The number of hydrazone groups is 1. The normalized spacial score (nSPS) is 21.4. The van der Waals surface area contributed by atoms with Gasteiger partial charge in [-0.2, -0.15) is 23.3 Å². The fraction of sp³-hybridized carbons (Fsp3) is 0.400. The number of amides is 2. The summed E-state index contributed by atoms with van der Waals surface area (Å²) in [7, 11) is 1.24. The molecule has 13 heteroatoms. The number of hydrogen-bond donors (Lipinski definition) is 1. The Kier molecular flexibility index (Phi) is 4.91. The van der Waals surface area contributed by atoms with Gasteiger partial charge in [-0.3, -0.25) is 20.0 Å². The van der Waals surface area contributed by atoms with E-state index in [1.54, 1.807) is 6.92 Å². The molecule has 1 fully saturated rings. The topological polar surface area (TPSA) is 104 Å².